The zero-order valence-corrected chi connectivity index (χ0v) is 15.5. The number of hydrogen-bond donors (Lipinski definition) is 0. The number of rotatable bonds is 4. The molecule has 0 radical (unpaired) electrons. The van der Waals surface area contributed by atoms with Crippen LogP contribution in [0.4, 0.5) is 0 Å². The lowest BCUT2D eigenvalue weighted by Crippen LogP contribution is -2.13. The largest absolute Gasteiger partial charge is 0.304 e. The minimum absolute atomic E-state index is 0.848. The maximum Gasteiger partial charge on any atom is 0.140 e. The summed E-state index contributed by atoms with van der Waals surface area (Å²) >= 11 is 0. The van der Waals surface area contributed by atoms with E-state index in [9.17, 15) is 0 Å². The summed E-state index contributed by atoms with van der Waals surface area (Å²) in [7, 11) is 4.19. The van der Waals surface area contributed by atoms with Crippen LogP contribution in [0.2, 0.25) is 0 Å². The molecule has 26 heavy (non-hydrogen) atoms. The Bertz CT molecular complexity index is 1030. The molecular formula is C23H23N3. The monoisotopic (exact) mass is 341 g/mol. The van der Waals surface area contributed by atoms with Gasteiger partial charge in [0, 0.05) is 18.3 Å². The Balaban J connectivity index is 1.82. The van der Waals surface area contributed by atoms with Crippen molar-refractivity contribution in [3.05, 3.63) is 84.2 Å². The van der Waals surface area contributed by atoms with Crippen molar-refractivity contribution in [3.63, 3.8) is 0 Å². The van der Waals surface area contributed by atoms with Crippen LogP contribution >= 0.6 is 0 Å². The van der Waals surface area contributed by atoms with Crippen molar-refractivity contribution in [3.8, 4) is 22.4 Å². The number of imidazole rings is 1. The molecule has 2 heterocycles. The van der Waals surface area contributed by atoms with Crippen molar-refractivity contribution in [2.24, 2.45) is 0 Å². The molecule has 2 aromatic heterocycles. The number of hydrogen-bond acceptors (Lipinski definition) is 2. The van der Waals surface area contributed by atoms with E-state index in [0.29, 0.717) is 0 Å². The average molecular weight is 341 g/mol. The van der Waals surface area contributed by atoms with E-state index < -0.39 is 0 Å². The predicted octanol–water partition coefficient (Wildman–Crippen LogP) is 5.04. The minimum atomic E-state index is 0.848. The molecule has 0 spiro atoms. The van der Waals surface area contributed by atoms with Crippen molar-refractivity contribution in [1.29, 1.82) is 0 Å². The van der Waals surface area contributed by atoms with Gasteiger partial charge < -0.3 is 9.30 Å². The first-order chi connectivity index (χ1) is 12.6. The van der Waals surface area contributed by atoms with Gasteiger partial charge >= 0.3 is 0 Å². The second kappa shape index (κ2) is 6.77. The Hall–Kier alpha value is -2.91. The molecule has 0 fully saturated rings. The Morgan fingerprint density at radius 3 is 2.15 bits per heavy atom. The minimum Gasteiger partial charge on any atom is -0.304 e. The Labute approximate surface area is 154 Å². The molecule has 0 aliphatic heterocycles. The fraction of sp³-hybridized carbons (Fsp3) is 0.174. The molecular weight excluding hydrogens is 318 g/mol. The average Bonchev–Trinajstić information content (AvgIpc) is 3.02. The predicted molar refractivity (Wildman–Crippen MR) is 108 cm³/mol. The van der Waals surface area contributed by atoms with Crippen LogP contribution in [0.3, 0.4) is 0 Å². The van der Waals surface area contributed by atoms with Crippen LogP contribution in [-0.2, 0) is 6.54 Å². The van der Waals surface area contributed by atoms with Gasteiger partial charge in [0.1, 0.15) is 5.65 Å². The van der Waals surface area contributed by atoms with E-state index in [4.69, 9.17) is 4.98 Å². The number of aromatic nitrogens is 2. The normalized spacial score (nSPS) is 11.4. The van der Waals surface area contributed by atoms with Crippen molar-refractivity contribution < 1.29 is 0 Å². The summed E-state index contributed by atoms with van der Waals surface area (Å²) in [6.45, 7) is 2.96. The van der Waals surface area contributed by atoms with Gasteiger partial charge in [0.05, 0.1) is 11.4 Å². The van der Waals surface area contributed by atoms with E-state index in [1.54, 1.807) is 0 Å². The second-order valence-electron chi connectivity index (χ2n) is 6.97. The first-order valence-electron chi connectivity index (χ1n) is 8.90. The Morgan fingerprint density at radius 2 is 1.46 bits per heavy atom. The molecule has 0 N–H and O–H groups in total. The summed E-state index contributed by atoms with van der Waals surface area (Å²) in [4.78, 5) is 7.16. The van der Waals surface area contributed by atoms with Crippen LogP contribution in [0.15, 0.2) is 72.9 Å². The maximum absolute atomic E-state index is 4.97. The molecule has 3 nitrogen and oxygen atoms in total. The summed E-state index contributed by atoms with van der Waals surface area (Å²) in [5, 5.41) is 0. The van der Waals surface area contributed by atoms with Crippen molar-refractivity contribution in [1.82, 2.24) is 14.3 Å². The highest BCUT2D eigenvalue weighted by Gasteiger charge is 2.15. The van der Waals surface area contributed by atoms with E-state index in [-0.39, 0.29) is 0 Å². The fourth-order valence-corrected chi connectivity index (χ4v) is 3.39. The standard InChI is InChI=1S/C23H23N3/c1-17-8-7-15-26-21(16-25(2)3)22(24-23(17)26)20-13-11-19(12-14-20)18-9-5-4-6-10-18/h4-15H,16H2,1-3H3. The first kappa shape index (κ1) is 16.6. The molecule has 0 aliphatic rings. The summed E-state index contributed by atoms with van der Waals surface area (Å²) in [5.74, 6) is 0. The SMILES string of the molecule is Cc1cccn2c(CN(C)C)c(-c3ccc(-c4ccccc4)cc3)nc12. The Kier molecular flexibility index (Phi) is 4.31. The van der Waals surface area contributed by atoms with Gasteiger partial charge in [-0.1, -0.05) is 60.7 Å². The molecule has 0 unspecified atom stereocenters. The number of fused-ring (bicyclic) bond motifs is 1. The van der Waals surface area contributed by atoms with Crippen LogP contribution < -0.4 is 0 Å². The van der Waals surface area contributed by atoms with Crippen molar-refractivity contribution in [2.75, 3.05) is 14.1 Å². The van der Waals surface area contributed by atoms with Crippen LogP contribution in [0, 0.1) is 6.92 Å². The fourth-order valence-electron chi connectivity index (χ4n) is 3.39. The lowest BCUT2D eigenvalue weighted by molar-refractivity contribution is 0.396. The highest BCUT2D eigenvalue weighted by molar-refractivity contribution is 5.72. The summed E-state index contributed by atoms with van der Waals surface area (Å²) < 4.78 is 2.22. The van der Waals surface area contributed by atoms with Crippen LogP contribution in [0.5, 0.6) is 0 Å². The number of pyridine rings is 1. The van der Waals surface area contributed by atoms with E-state index in [1.807, 2.05) is 6.07 Å². The van der Waals surface area contributed by atoms with Gasteiger partial charge in [-0.3, -0.25) is 0 Å². The lowest BCUT2D eigenvalue weighted by Gasteiger charge is -2.12. The molecule has 0 saturated heterocycles. The molecule has 0 amide bonds. The van der Waals surface area contributed by atoms with Gasteiger partial charge in [0.25, 0.3) is 0 Å². The van der Waals surface area contributed by atoms with Gasteiger partial charge in [-0.15, -0.1) is 0 Å². The summed E-state index contributed by atoms with van der Waals surface area (Å²) in [5.41, 5.74) is 8.13. The molecule has 130 valence electrons. The third-order valence-electron chi connectivity index (χ3n) is 4.68. The third-order valence-corrected chi connectivity index (χ3v) is 4.68. The quantitative estimate of drug-likeness (QED) is 0.518. The molecule has 0 atom stereocenters. The molecule has 0 aliphatic carbocycles. The van der Waals surface area contributed by atoms with Gasteiger partial charge in [-0.25, -0.2) is 4.98 Å². The van der Waals surface area contributed by atoms with Crippen LogP contribution in [-0.4, -0.2) is 28.4 Å². The molecule has 4 aromatic rings. The topological polar surface area (TPSA) is 20.5 Å². The zero-order chi connectivity index (χ0) is 18.1. The summed E-state index contributed by atoms with van der Waals surface area (Å²) in [6.07, 6.45) is 2.11. The van der Waals surface area contributed by atoms with Crippen molar-refractivity contribution >= 4 is 5.65 Å². The Morgan fingerprint density at radius 1 is 0.808 bits per heavy atom. The zero-order valence-electron chi connectivity index (χ0n) is 15.5. The van der Waals surface area contributed by atoms with Gasteiger partial charge in [0.2, 0.25) is 0 Å². The van der Waals surface area contributed by atoms with E-state index in [0.717, 1.165) is 23.4 Å². The highest BCUT2D eigenvalue weighted by atomic mass is 15.1. The number of aryl methyl sites for hydroxylation is 1. The van der Waals surface area contributed by atoms with E-state index in [1.165, 1.54) is 22.4 Å². The van der Waals surface area contributed by atoms with Gasteiger partial charge in [-0.05, 0) is 43.8 Å². The second-order valence-corrected chi connectivity index (χ2v) is 6.97. The number of benzene rings is 2. The lowest BCUT2D eigenvalue weighted by atomic mass is 10.0. The number of nitrogens with zero attached hydrogens (tertiary/aromatic N) is 3. The van der Waals surface area contributed by atoms with E-state index in [2.05, 4.69) is 97.2 Å². The summed E-state index contributed by atoms with van der Waals surface area (Å²) in [6, 6.07) is 23.4. The molecule has 0 saturated carbocycles. The highest BCUT2D eigenvalue weighted by Crippen LogP contribution is 2.29. The molecule has 2 aromatic carbocycles. The van der Waals surface area contributed by atoms with Gasteiger partial charge in [0.15, 0.2) is 0 Å². The molecule has 4 rings (SSSR count). The van der Waals surface area contributed by atoms with Crippen LogP contribution in [0.25, 0.3) is 28.0 Å². The van der Waals surface area contributed by atoms with Crippen LogP contribution in [0.1, 0.15) is 11.3 Å². The van der Waals surface area contributed by atoms with Gasteiger partial charge in [-0.2, -0.15) is 0 Å². The molecule has 0 bridgehead atoms. The molecule has 3 heteroatoms. The van der Waals surface area contributed by atoms with E-state index >= 15 is 0 Å². The third kappa shape index (κ3) is 3.02. The van der Waals surface area contributed by atoms with Crippen molar-refractivity contribution in [2.45, 2.75) is 13.5 Å². The smallest absolute Gasteiger partial charge is 0.140 e. The first-order valence-corrected chi connectivity index (χ1v) is 8.90. The maximum atomic E-state index is 4.97.